The van der Waals surface area contributed by atoms with E-state index in [-0.39, 0.29) is 0 Å². The summed E-state index contributed by atoms with van der Waals surface area (Å²) < 4.78 is 5.78. The van der Waals surface area contributed by atoms with Crippen molar-refractivity contribution in [2.75, 3.05) is 0 Å². The van der Waals surface area contributed by atoms with Crippen LogP contribution in [0.4, 0.5) is 0 Å². The van der Waals surface area contributed by atoms with Crippen molar-refractivity contribution < 1.29 is 4.42 Å². The molecular formula is C22H20N2O. The molecule has 0 atom stereocenters. The van der Waals surface area contributed by atoms with Crippen LogP contribution in [0.15, 0.2) is 89.3 Å². The molecule has 3 aromatic carbocycles. The highest BCUT2D eigenvalue weighted by Crippen LogP contribution is 2.26. The van der Waals surface area contributed by atoms with Gasteiger partial charge in [0.2, 0.25) is 11.8 Å². The molecule has 1 aromatic heterocycles. The van der Waals surface area contributed by atoms with Crippen LogP contribution in [0.3, 0.4) is 0 Å². The minimum atomic E-state index is 0.531. The summed E-state index contributed by atoms with van der Waals surface area (Å²) in [6.07, 6.45) is 0. The molecule has 0 unspecified atom stereocenters. The van der Waals surface area contributed by atoms with Gasteiger partial charge in [0.15, 0.2) is 0 Å². The first kappa shape index (κ1) is 16.7. The first-order chi connectivity index (χ1) is 12.4. The van der Waals surface area contributed by atoms with E-state index in [1.165, 1.54) is 5.56 Å². The molecule has 0 amide bonds. The Bertz CT molecular complexity index is 898. The molecule has 4 rings (SSSR count). The summed E-state index contributed by atoms with van der Waals surface area (Å²) in [4.78, 5) is 0. The van der Waals surface area contributed by atoms with Crippen molar-refractivity contribution in [2.24, 2.45) is 0 Å². The predicted octanol–water partition coefficient (Wildman–Crippen LogP) is 6.10. The topological polar surface area (TPSA) is 38.9 Å². The van der Waals surface area contributed by atoms with E-state index in [1.807, 2.05) is 74.5 Å². The Morgan fingerprint density at radius 1 is 0.480 bits per heavy atom. The quantitative estimate of drug-likeness (QED) is 0.456. The van der Waals surface area contributed by atoms with Gasteiger partial charge in [-0.3, -0.25) is 0 Å². The third-order valence-electron chi connectivity index (χ3n) is 3.68. The zero-order valence-electron chi connectivity index (χ0n) is 14.4. The minimum absolute atomic E-state index is 0.531. The molecular weight excluding hydrogens is 308 g/mol. The summed E-state index contributed by atoms with van der Waals surface area (Å²) in [6.45, 7) is 4.00. The van der Waals surface area contributed by atoms with Gasteiger partial charge in [-0.05, 0) is 35.4 Å². The van der Waals surface area contributed by atoms with Crippen LogP contribution in [0.1, 0.15) is 13.8 Å². The van der Waals surface area contributed by atoms with Crippen LogP contribution in [0.25, 0.3) is 34.0 Å². The fourth-order valence-corrected chi connectivity index (χ4v) is 2.47. The summed E-state index contributed by atoms with van der Waals surface area (Å²) in [5, 5.41) is 8.28. The highest BCUT2D eigenvalue weighted by Gasteiger charge is 2.10. The van der Waals surface area contributed by atoms with Crippen molar-refractivity contribution >= 4 is 0 Å². The molecule has 25 heavy (non-hydrogen) atoms. The van der Waals surface area contributed by atoms with Crippen LogP contribution in [-0.2, 0) is 0 Å². The molecule has 0 fully saturated rings. The minimum Gasteiger partial charge on any atom is -0.416 e. The smallest absolute Gasteiger partial charge is 0.248 e. The van der Waals surface area contributed by atoms with Gasteiger partial charge in [0.1, 0.15) is 0 Å². The Hall–Kier alpha value is -3.20. The van der Waals surface area contributed by atoms with Gasteiger partial charge >= 0.3 is 0 Å². The SMILES string of the molecule is CC.c1ccc(-c2ccc(-c3nnc(-c4ccccc4)o3)cc2)cc1. The Balaban J connectivity index is 0.000000880. The zero-order chi connectivity index (χ0) is 17.5. The maximum atomic E-state index is 5.78. The average Bonchev–Trinajstić information content (AvgIpc) is 3.21. The molecule has 1 heterocycles. The van der Waals surface area contributed by atoms with Gasteiger partial charge in [0.05, 0.1) is 0 Å². The number of aromatic nitrogens is 2. The third kappa shape index (κ3) is 3.83. The number of rotatable bonds is 3. The first-order valence-electron chi connectivity index (χ1n) is 8.45. The Kier molecular flexibility index (Phi) is 5.37. The van der Waals surface area contributed by atoms with Gasteiger partial charge in [-0.2, -0.15) is 0 Å². The summed E-state index contributed by atoms with van der Waals surface area (Å²) >= 11 is 0. The van der Waals surface area contributed by atoms with Crippen molar-refractivity contribution in [2.45, 2.75) is 13.8 Å². The van der Waals surface area contributed by atoms with Crippen molar-refractivity contribution in [3.05, 3.63) is 84.9 Å². The molecule has 3 nitrogen and oxygen atoms in total. The van der Waals surface area contributed by atoms with Crippen LogP contribution >= 0.6 is 0 Å². The van der Waals surface area contributed by atoms with Gasteiger partial charge in [-0.25, -0.2) is 0 Å². The Labute approximate surface area is 148 Å². The zero-order valence-corrected chi connectivity index (χ0v) is 14.4. The molecule has 0 bridgehead atoms. The Morgan fingerprint density at radius 3 is 1.36 bits per heavy atom. The van der Waals surface area contributed by atoms with Crippen LogP contribution in [0.2, 0.25) is 0 Å². The molecule has 0 aliphatic carbocycles. The second-order valence-electron chi connectivity index (χ2n) is 5.22. The molecule has 0 saturated carbocycles. The highest BCUT2D eigenvalue weighted by molar-refractivity contribution is 5.67. The lowest BCUT2D eigenvalue weighted by Crippen LogP contribution is -1.80. The molecule has 0 aliphatic rings. The van der Waals surface area contributed by atoms with Gasteiger partial charge in [0, 0.05) is 11.1 Å². The lowest BCUT2D eigenvalue weighted by atomic mass is 10.0. The summed E-state index contributed by atoms with van der Waals surface area (Å²) in [7, 11) is 0. The molecule has 4 aromatic rings. The maximum Gasteiger partial charge on any atom is 0.248 e. The van der Waals surface area contributed by atoms with E-state index in [0.29, 0.717) is 11.8 Å². The van der Waals surface area contributed by atoms with E-state index >= 15 is 0 Å². The number of nitrogens with zero attached hydrogens (tertiary/aromatic N) is 2. The first-order valence-corrected chi connectivity index (χ1v) is 8.45. The largest absolute Gasteiger partial charge is 0.416 e. The van der Waals surface area contributed by atoms with Gasteiger partial charge in [0.25, 0.3) is 0 Å². The van der Waals surface area contributed by atoms with E-state index in [0.717, 1.165) is 16.7 Å². The van der Waals surface area contributed by atoms with Gasteiger partial charge in [-0.15, -0.1) is 10.2 Å². The van der Waals surface area contributed by atoms with E-state index in [2.05, 4.69) is 34.5 Å². The van der Waals surface area contributed by atoms with Crippen molar-refractivity contribution in [1.82, 2.24) is 10.2 Å². The lowest BCUT2D eigenvalue weighted by Gasteiger charge is -2.02. The van der Waals surface area contributed by atoms with Crippen LogP contribution in [0.5, 0.6) is 0 Å². The number of hydrogen-bond acceptors (Lipinski definition) is 3. The highest BCUT2D eigenvalue weighted by atomic mass is 16.4. The lowest BCUT2D eigenvalue weighted by molar-refractivity contribution is 0.584. The molecule has 0 spiro atoms. The van der Waals surface area contributed by atoms with E-state index < -0.39 is 0 Å². The third-order valence-corrected chi connectivity index (χ3v) is 3.68. The second-order valence-corrected chi connectivity index (χ2v) is 5.22. The van der Waals surface area contributed by atoms with Crippen LogP contribution in [-0.4, -0.2) is 10.2 Å². The second kappa shape index (κ2) is 8.06. The monoisotopic (exact) mass is 328 g/mol. The molecule has 0 radical (unpaired) electrons. The molecule has 3 heteroatoms. The summed E-state index contributed by atoms with van der Waals surface area (Å²) in [5.74, 6) is 1.07. The van der Waals surface area contributed by atoms with Gasteiger partial charge in [-0.1, -0.05) is 74.5 Å². The van der Waals surface area contributed by atoms with Crippen LogP contribution in [0, 0.1) is 0 Å². The fourth-order valence-electron chi connectivity index (χ4n) is 2.47. The average molecular weight is 328 g/mol. The fraction of sp³-hybridized carbons (Fsp3) is 0.0909. The maximum absolute atomic E-state index is 5.78. The number of hydrogen-bond donors (Lipinski definition) is 0. The van der Waals surface area contributed by atoms with Crippen molar-refractivity contribution in [3.63, 3.8) is 0 Å². The van der Waals surface area contributed by atoms with Crippen LogP contribution < -0.4 is 0 Å². The summed E-state index contributed by atoms with van der Waals surface area (Å²) in [5.41, 5.74) is 4.19. The molecule has 124 valence electrons. The van der Waals surface area contributed by atoms with E-state index in [4.69, 9.17) is 4.42 Å². The van der Waals surface area contributed by atoms with E-state index in [9.17, 15) is 0 Å². The van der Waals surface area contributed by atoms with Crippen molar-refractivity contribution in [3.8, 4) is 34.0 Å². The standard InChI is InChI=1S/C20H14N2O.C2H6/c1-3-7-15(8-4-1)16-11-13-18(14-12-16)20-22-21-19(23-20)17-9-5-2-6-10-17;1-2/h1-14H;1-2H3. The molecule has 0 N–H and O–H groups in total. The Morgan fingerprint density at radius 2 is 0.840 bits per heavy atom. The number of benzene rings is 3. The summed E-state index contributed by atoms with van der Waals surface area (Å²) in [6, 6.07) is 28.2. The van der Waals surface area contributed by atoms with Gasteiger partial charge < -0.3 is 4.42 Å². The molecule has 0 saturated heterocycles. The molecule has 0 aliphatic heterocycles. The normalized spacial score (nSPS) is 10.0. The predicted molar refractivity (Wildman–Crippen MR) is 102 cm³/mol. The van der Waals surface area contributed by atoms with E-state index in [1.54, 1.807) is 0 Å². The van der Waals surface area contributed by atoms with Crippen molar-refractivity contribution in [1.29, 1.82) is 0 Å².